The van der Waals surface area contributed by atoms with Crippen LogP contribution in [0.25, 0.3) is 17.1 Å². The highest BCUT2D eigenvalue weighted by molar-refractivity contribution is 6.30. The Hall–Kier alpha value is -3.89. The van der Waals surface area contributed by atoms with E-state index in [1.807, 2.05) is 55.8 Å². The Balaban J connectivity index is 1.33. The Labute approximate surface area is 237 Å². The Morgan fingerprint density at radius 3 is 2.75 bits per heavy atom. The van der Waals surface area contributed by atoms with E-state index in [2.05, 4.69) is 20.8 Å². The Morgan fingerprint density at radius 1 is 1.18 bits per heavy atom. The molecule has 0 fully saturated rings. The molecular weight excluding hydrogens is 532 g/mol. The molecule has 10 nitrogen and oxygen atoms in total. The summed E-state index contributed by atoms with van der Waals surface area (Å²) in [5, 5.41) is 15.2. The summed E-state index contributed by atoms with van der Waals surface area (Å²) in [4.78, 5) is 26.8. The van der Waals surface area contributed by atoms with Gasteiger partial charge in [-0.2, -0.15) is 0 Å². The third-order valence-electron chi connectivity index (χ3n) is 6.76. The molecule has 210 valence electrons. The molecule has 0 saturated heterocycles. The standard InChI is InChI=1S/C29H33ClN6O4/c1-4-39-23-11-10-19(30)16-21(23)27-34-33-25(40-27)18-29(2,3)17-24(37)32-26-22-12-13-31-14-15-35(22)36(28(26)38)20-8-6-5-7-9-20/h5-11,16,31H,4,12-15,17-18H2,1-3H3,(H,32,37). The number of aromatic nitrogens is 4. The van der Waals surface area contributed by atoms with Crippen LogP contribution in [-0.4, -0.2) is 45.2 Å². The molecule has 1 amide bonds. The summed E-state index contributed by atoms with van der Waals surface area (Å²) in [6, 6.07) is 14.7. The number of ether oxygens (including phenoxy) is 1. The van der Waals surface area contributed by atoms with Gasteiger partial charge < -0.3 is 19.8 Å². The van der Waals surface area contributed by atoms with Gasteiger partial charge >= 0.3 is 0 Å². The number of amides is 1. The second-order valence-corrected chi connectivity index (χ2v) is 11.0. The Kier molecular flexibility index (Phi) is 8.09. The van der Waals surface area contributed by atoms with Gasteiger partial charge in [0.05, 0.1) is 30.1 Å². The van der Waals surface area contributed by atoms with Crippen LogP contribution < -0.4 is 20.9 Å². The molecular formula is C29H33ClN6O4. The number of para-hydroxylation sites is 1. The summed E-state index contributed by atoms with van der Waals surface area (Å²) in [6.45, 7) is 8.37. The normalized spacial score (nSPS) is 13.5. The smallest absolute Gasteiger partial charge is 0.295 e. The van der Waals surface area contributed by atoms with Crippen molar-refractivity contribution in [2.75, 3.05) is 25.0 Å². The average Bonchev–Trinajstić information content (AvgIpc) is 3.37. The zero-order valence-electron chi connectivity index (χ0n) is 22.9. The van der Waals surface area contributed by atoms with E-state index in [0.29, 0.717) is 59.8 Å². The number of nitrogens with one attached hydrogen (secondary N) is 2. The van der Waals surface area contributed by atoms with Crippen molar-refractivity contribution in [3.8, 4) is 22.9 Å². The van der Waals surface area contributed by atoms with Gasteiger partial charge in [-0.15, -0.1) is 10.2 Å². The monoisotopic (exact) mass is 564 g/mol. The molecule has 2 N–H and O–H groups in total. The van der Waals surface area contributed by atoms with Gasteiger partial charge in [0.15, 0.2) is 0 Å². The van der Waals surface area contributed by atoms with Gasteiger partial charge in [-0.3, -0.25) is 14.3 Å². The number of hydrogen-bond donors (Lipinski definition) is 2. The molecule has 0 aliphatic carbocycles. The zero-order chi connectivity index (χ0) is 28.3. The lowest BCUT2D eigenvalue weighted by Gasteiger charge is -2.21. The van der Waals surface area contributed by atoms with Crippen molar-refractivity contribution in [2.45, 2.75) is 46.6 Å². The molecule has 0 bridgehead atoms. The third-order valence-corrected chi connectivity index (χ3v) is 6.99. The lowest BCUT2D eigenvalue weighted by Crippen LogP contribution is -2.28. The van der Waals surface area contributed by atoms with Gasteiger partial charge in [-0.05, 0) is 42.7 Å². The van der Waals surface area contributed by atoms with Crippen molar-refractivity contribution in [3.63, 3.8) is 0 Å². The average molecular weight is 565 g/mol. The first-order valence-corrected chi connectivity index (χ1v) is 13.8. The minimum atomic E-state index is -0.526. The van der Waals surface area contributed by atoms with Crippen LogP contribution in [0, 0.1) is 5.41 Å². The second kappa shape index (κ2) is 11.7. The number of benzene rings is 2. The summed E-state index contributed by atoms with van der Waals surface area (Å²) in [7, 11) is 0. The van der Waals surface area contributed by atoms with E-state index in [1.165, 1.54) is 0 Å². The number of rotatable bonds is 9. The molecule has 1 aliphatic rings. The van der Waals surface area contributed by atoms with E-state index in [9.17, 15) is 9.59 Å². The van der Waals surface area contributed by atoms with Crippen LogP contribution in [0.4, 0.5) is 5.69 Å². The maximum atomic E-state index is 13.6. The number of nitrogens with zero attached hydrogens (tertiary/aromatic N) is 4. The van der Waals surface area contributed by atoms with Crippen LogP contribution in [0.1, 0.15) is 38.8 Å². The van der Waals surface area contributed by atoms with Crippen molar-refractivity contribution in [3.05, 3.63) is 75.5 Å². The fourth-order valence-electron chi connectivity index (χ4n) is 5.02. The highest BCUT2D eigenvalue weighted by Crippen LogP contribution is 2.33. The molecule has 2 aromatic carbocycles. The second-order valence-electron chi connectivity index (χ2n) is 10.5. The van der Waals surface area contributed by atoms with E-state index in [0.717, 1.165) is 24.5 Å². The van der Waals surface area contributed by atoms with E-state index >= 15 is 0 Å². The first-order valence-electron chi connectivity index (χ1n) is 13.4. The third kappa shape index (κ3) is 5.97. The number of fused-ring (bicyclic) bond motifs is 1. The molecule has 0 spiro atoms. The minimum absolute atomic E-state index is 0.153. The lowest BCUT2D eigenvalue weighted by molar-refractivity contribution is -0.118. The highest BCUT2D eigenvalue weighted by atomic mass is 35.5. The molecule has 11 heteroatoms. The molecule has 3 heterocycles. The fourth-order valence-corrected chi connectivity index (χ4v) is 5.19. The van der Waals surface area contributed by atoms with Crippen LogP contribution in [0.15, 0.2) is 57.7 Å². The molecule has 4 aromatic rings. The fraction of sp³-hybridized carbons (Fsp3) is 0.379. The quantitative estimate of drug-likeness (QED) is 0.308. The summed E-state index contributed by atoms with van der Waals surface area (Å²) in [6.07, 6.45) is 1.15. The van der Waals surface area contributed by atoms with Gasteiger partial charge in [-0.25, -0.2) is 4.68 Å². The van der Waals surface area contributed by atoms with Crippen molar-refractivity contribution < 1.29 is 13.9 Å². The van der Waals surface area contributed by atoms with Crippen molar-refractivity contribution in [2.24, 2.45) is 5.41 Å². The minimum Gasteiger partial charge on any atom is -0.493 e. The van der Waals surface area contributed by atoms with E-state index in [-0.39, 0.29) is 17.9 Å². The van der Waals surface area contributed by atoms with E-state index < -0.39 is 5.41 Å². The largest absolute Gasteiger partial charge is 0.493 e. The number of halogens is 1. The number of carbonyl (C=O) groups excluding carboxylic acids is 1. The van der Waals surface area contributed by atoms with E-state index in [4.69, 9.17) is 20.8 Å². The van der Waals surface area contributed by atoms with Crippen molar-refractivity contribution >= 4 is 23.2 Å². The molecule has 1 aliphatic heterocycles. The molecule has 0 saturated carbocycles. The first kappa shape index (κ1) is 27.7. The lowest BCUT2D eigenvalue weighted by atomic mass is 9.85. The molecule has 40 heavy (non-hydrogen) atoms. The van der Waals surface area contributed by atoms with Gasteiger partial charge in [0.25, 0.3) is 11.4 Å². The molecule has 0 unspecified atom stereocenters. The topological polar surface area (TPSA) is 116 Å². The number of anilines is 1. The van der Waals surface area contributed by atoms with E-state index in [1.54, 1.807) is 22.9 Å². The predicted octanol–water partition coefficient (Wildman–Crippen LogP) is 4.48. The SMILES string of the molecule is CCOc1ccc(Cl)cc1-c1nnc(CC(C)(C)CC(=O)Nc2c3n(n(-c4ccccc4)c2=O)CCNCC3)o1. The van der Waals surface area contributed by atoms with Crippen LogP contribution in [0.3, 0.4) is 0 Å². The predicted molar refractivity (Wildman–Crippen MR) is 153 cm³/mol. The van der Waals surface area contributed by atoms with Gasteiger partial charge in [0, 0.05) is 37.4 Å². The Bertz CT molecular complexity index is 1560. The molecule has 0 atom stereocenters. The van der Waals surface area contributed by atoms with Crippen molar-refractivity contribution in [1.29, 1.82) is 0 Å². The summed E-state index contributed by atoms with van der Waals surface area (Å²) in [5.74, 6) is 1.04. The molecule has 5 rings (SSSR count). The summed E-state index contributed by atoms with van der Waals surface area (Å²) in [5.41, 5.74) is 1.76. The van der Waals surface area contributed by atoms with Gasteiger partial charge in [0.1, 0.15) is 11.4 Å². The maximum Gasteiger partial charge on any atom is 0.295 e. The van der Waals surface area contributed by atoms with Crippen LogP contribution in [0.5, 0.6) is 5.75 Å². The molecule has 2 aromatic heterocycles. The van der Waals surface area contributed by atoms with Gasteiger partial charge in [0.2, 0.25) is 11.8 Å². The number of carbonyl (C=O) groups is 1. The first-order chi connectivity index (χ1) is 19.3. The summed E-state index contributed by atoms with van der Waals surface area (Å²) < 4.78 is 15.2. The van der Waals surface area contributed by atoms with Crippen LogP contribution in [-0.2, 0) is 24.2 Å². The summed E-state index contributed by atoms with van der Waals surface area (Å²) >= 11 is 6.19. The van der Waals surface area contributed by atoms with Crippen molar-refractivity contribution in [1.82, 2.24) is 24.9 Å². The highest BCUT2D eigenvalue weighted by Gasteiger charge is 2.29. The van der Waals surface area contributed by atoms with Crippen LogP contribution in [0.2, 0.25) is 5.02 Å². The zero-order valence-corrected chi connectivity index (χ0v) is 23.6. The number of hydrogen-bond acceptors (Lipinski definition) is 7. The Morgan fingerprint density at radius 2 is 1.98 bits per heavy atom. The van der Waals surface area contributed by atoms with Crippen LogP contribution >= 0.6 is 11.6 Å². The maximum absolute atomic E-state index is 13.6. The van der Waals surface area contributed by atoms with Gasteiger partial charge in [-0.1, -0.05) is 43.6 Å². The molecule has 0 radical (unpaired) electrons.